The molecule has 0 fully saturated rings. The van der Waals surface area contributed by atoms with Crippen molar-refractivity contribution in [1.82, 2.24) is 0 Å². The molecule has 0 saturated heterocycles. The molecule has 94 valence electrons. The molecule has 0 aliphatic rings. The summed E-state index contributed by atoms with van der Waals surface area (Å²) < 4.78 is 6.94. The maximum Gasteiger partial charge on any atom is 0.140 e. The Balaban J connectivity index is 2.09. The first-order chi connectivity index (χ1) is 8.65. The van der Waals surface area contributed by atoms with E-state index in [2.05, 4.69) is 34.7 Å². The Bertz CT molecular complexity index is 508. The van der Waals surface area contributed by atoms with Crippen LogP contribution in [0.3, 0.4) is 0 Å². The van der Waals surface area contributed by atoms with Crippen LogP contribution in [0, 0.1) is 3.57 Å². The summed E-state index contributed by atoms with van der Waals surface area (Å²) in [6, 6.07) is 16.3. The number of hydrogen-bond acceptors (Lipinski definition) is 2. The van der Waals surface area contributed by atoms with Gasteiger partial charge in [0.15, 0.2) is 0 Å². The standard InChI is InChI=1S/C15H16INO/c1-11(17)10-12-6-8-13(9-7-12)18-15-5-3-2-4-14(15)16/h2-9,11H,10,17H2,1H3. The van der Waals surface area contributed by atoms with Crippen molar-refractivity contribution in [3.63, 3.8) is 0 Å². The average molecular weight is 353 g/mol. The second-order valence-electron chi connectivity index (χ2n) is 4.36. The van der Waals surface area contributed by atoms with Crippen LogP contribution in [0.2, 0.25) is 0 Å². The summed E-state index contributed by atoms with van der Waals surface area (Å²) in [5.74, 6) is 1.74. The van der Waals surface area contributed by atoms with E-state index >= 15 is 0 Å². The van der Waals surface area contributed by atoms with Gasteiger partial charge in [-0.05, 0) is 65.8 Å². The van der Waals surface area contributed by atoms with Gasteiger partial charge in [-0.15, -0.1) is 0 Å². The summed E-state index contributed by atoms with van der Waals surface area (Å²) in [7, 11) is 0. The van der Waals surface area contributed by atoms with Crippen LogP contribution >= 0.6 is 22.6 Å². The molecule has 2 aromatic carbocycles. The SMILES string of the molecule is CC(N)Cc1ccc(Oc2ccccc2I)cc1. The van der Waals surface area contributed by atoms with E-state index in [1.165, 1.54) is 5.56 Å². The second-order valence-corrected chi connectivity index (χ2v) is 5.52. The van der Waals surface area contributed by atoms with Crippen LogP contribution in [-0.2, 0) is 6.42 Å². The van der Waals surface area contributed by atoms with E-state index < -0.39 is 0 Å². The lowest BCUT2D eigenvalue weighted by Crippen LogP contribution is -2.17. The van der Waals surface area contributed by atoms with Gasteiger partial charge in [0.25, 0.3) is 0 Å². The third-order valence-electron chi connectivity index (χ3n) is 2.55. The van der Waals surface area contributed by atoms with Crippen molar-refractivity contribution in [3.8, 4) is 11.5 Å². The highest BCUT2D eigenvalue weighted by Gasteiger charge is 2.02. The van der Waals surface area contributed by atoms with Crippen LogP contribution in [0.15, 0.2) is 48.5 Å². The molecule has 2 nitrogen and oxygen atoms in total. The number of halogens is 1. The number of hydrogen-bond donors (Lipinski definition) is 1. The second kappa shape index (κ2) is 6.20. The number of ether oxygens (including phenoxy) is 1. The van der Waals surface area contributed by atoms with Crippen molar-refractivity contribution >= 4 is 22.6 Å². The molecule has 2 N–H and O–H groups in total. The topological polar surface area (TPSA) is 35.2 Å². The summed E-state index contributed by atoms with van der Waals surface area (Å²) in [6.07, 6.45) is 0.892. The predicted molar refractivity (Wildman–Crippen MR) is 83.0 cm³/mol. The monoisotopic (exact) mass is 353 g/mol. The van der Waals surface area contributed by atoms with Crippen LogP contribution in [0.4, 0.5) is 0 Å². The van der Waals surface area contributed by atoms with Crippen LogP contribution < -0.4 is 10.5 Å². The Morgan fingerprint density at radius 1 is 1.11 bits per heavy atom. The molecule has 3 heteroatoms. The molecule has 0 radical (unpaired) electrons. The molecule has 2 rings (SSSR count). The van der Waals surface area contributed by atoms with Crippen LogP contribution in [0.1, 0.15) is 12.5 Å². The third kappa shape index (κ3) is 3.71. The number of nitrogens with two attached hydrogens (primary N) is 1. The highest BCUT2D eigenvalue weighted by molar-refractivity contribution is 14.1. The minimum Gasteiger partial charge on any atom is -0.456 e. The fourth-order valence-corrected chi connectivity index (χ4v) is 2.22. The van der Waals surface area contributed by atoms with Crippen LogP contribution in [0.25, 0.3) is 0 Å². The first kappa shape index (κ1) is 13.4. The molecular formula is C15H16INO. The van der Waals surface area contributed by atoms with Gasteiger partial charge in [-0.1, -0.05) is 24.3 Å². The quantitative estimate of drug-likeness (QED) is 0.845. The lowest BCUT2D eigenvalue weighted by Gasteiger charge is -2.09. The van der Waals surface area contributed by atoms with Crippen molar-refractivity contribution < 1.29 is 4.74 Å². The molecule has 0 aliphatic carbocycles. The van der Waals surface area contributed by atoms with Crippen molar-refractivity contribution in [3.05, 3.63) is 57.7 Å². The summed E-state index contributed by atoms with van der Waals surface area (Å²) in [6.45, 7) is 2.01. The maximum atomic E-state index is 5.83. The molecule has 0 heterocycles. The van der Waals surface area contributed by atoms with E-state index in [4.69, 9.17) is 10.5 Å². The summed E-state index contributed by atoms with van der Waals surface area (Å²) in [4.78, 5) is 0. The van der Waals surface area contributed by atoms with Gasteiger partial charge in [0.1, 0.15) is 11.5 Å². The average Bonchev–Trinajstić information content (AvgIpc) is 2.34. The zero-order valence-electron chi connectivity index (χ0n) is 10.3. The minimum absolute atomic E-state index is 0.187. The van der Waals surface area contributed by atoms with Gasteiger partial charge in [0, 0.05) is 6.04 Å². The van der Waals surface area contributed by atoms with Gasteiger partial charge in [0.05, 0.1) is 3.57 Å². The normalized spacial score (nSPS) is 12.2. The van der Waals surface area contributed by atoms with Gasteiger partial charge >= 0.3 is 0 Å². The molecule has 0 aromatic heterocycles. The van der Waals surface area contributed by atoms with Crippen molar-refractivity contribution in [2.45, 2.75) is 19.4 Å². The Morgan fingerprint density at radius 3 is 2.39 bits per heavy atom. The van der Waals surface area contributed by atoms with Crippen molar-refractivity contribution in [2.75, 3.05) is 0 Å². The first-order valence-corrected chi connectivity index (χ1v) is 7.00. The fourth-order valence-electron chi connectivity index (χ4n) is 1.72. The fraction of sp³-hybridized carbons (Fsp3) is 0.200. The number of rotatable bonds is 4. The van der Waals surface area contributed by atoms with Crippen LogP contribution in [-0.4, -0.2) is 6.04 Å². The molecular weight excluding hydrogens is 337 g/mol. The van der Waals surface area contributed by atoms with Gasteiger partial charge < -0.3 is 10.5 Å². The zero-order chi connectivity index (χ0) is 13.0. The van der Waals surface area contributed by atoms with Crippen molar-refractivity contribution in [1.29, 1.82) is 0 Å². The number of para-hydroxylation sites is 1. The summed E-state index contributed by atoms with van der Waals surface area (Å²) >= 11 is 2.27. The molecule has 0 amide bonds. The van der Waals surface area contributed by atoms with E-state index in [-0.39, 0.29) is 6.04 Å². The Kier molecular flexibility index (Phi) is 4.60. The molecule has 1 atom stereocenters. The Morgan fingerprint density at radius 2 is 1.78 bits per heavy atom. The maximum absolute atomic E-state index is 5.83. The van der Waals surface area contributed by atoms with Gasteiger partial charge in [-0.25, -0.2) is 0 Å². The van der Waals surface area contributed by atoms with E-state index in [0.29, 0.717) is 0 Å². The van der Waals surface area contributed by atoms with Gasteiger partial charge in [0.2, 0.25) is 0 Å². The van der Waals surface area contributed by atoms with Crippen molar-refractivity contribution in [2.24, 2.45) is 5.73 Å². The molecule has 0 spiro atoms. The van der Waals surface area contributed by atoms with E-state index in [1.807, 2.05) is 43.3 Å². The molecule has 0 aliphatic heterocycles. The molecule has 2 aromatic rings. The summed E-state index contributed by atoms with van der Waals surface area (Å²) in [5.41, 5.74) is 7.01. The first-order valence-electron chi connectivity index (χ1n) is 5.92. The number of benzene rings is 2. The lowest BCUT2D eigenvalue weighted by atomic mass is 10.1. The Labute approximate surface area is 121 Å². The minimum atomic E-state index is 0.187. The van der Waals surface area contributed by atoms with E-state index in [1.54, 1.807) is 0 Å². The van der Waals surface area contributed by atoms with Gasteiger partial charge in [-0.3, -0.25) is 0 Å². The zero-order valence-corrected chi connectivity index (χ0v) is 12.4. The van der Waals surface area contributed by atoms with Crippen LogP contribution in [0.5, 0.6) is 11.5 Å². The molecule has 1 unspecified atom stereocenters. The molecule has 0 bridgehead atoms. The van der Waals surface area contributed by atoms with Gasteiger partial charge in [-0.2, -0.15) is 0 Å². The summed E-state index contributed by atoms with van der Waals surface area (Å²) in [5, 5.41) is 0. The smallest absolute Gasteiger partial charge is 0.140 e. The Hall–Kier alpha value is -1.07. The predicted octanol–water partition coefficient (Wildman–Crippen LogP) is 3.97. The molecule has 18 heavy (non-hydrogen) atoms. The third-order valence-corrected chi connectivity index (χ3v) is 3.44. The van der Waals surface area contributed by atoms with E-state index in [0.717, 1.165) is 21.5 Å². The van der Waals surface area contributed by atoms with E-state index in [9.17, 15) is 0 Å². The highest BCUT2D eigenvalue weighted by atomic mass is 127. The highest BCUT2D eigenvalue weighted by Crippen LogP contribution is 2.26. The largest absolute Gasteiger partial charge is 0.456 e. The lowest BCUT2D eigenvalue weighted by molar-refractivity contribution is 0.479. The molecule has 0 saturated carbocycles.